The Labute approximate surface area is 151 Å². The van der Waals surface area contributed by atoms with Crippen LogP contribution in [-0.2, 0) is 6.54 Å². The molecule has 1 aromatic rings. The highest BCUT2D eigenvalue weighted by Gasteiger charge is 2.16. The van der Waals surface area contributed by atoms with Crippen LogP contribution in [0, 0.1) is 0 Å². The van der Waals surface area contributed by atoms with Gasteiger partial charge in [-0.2, -0.15) is 0 Å². The third-order valence-electron chi connectivity index (χ3n) is 4.44. The van der Waals surface area contributed by atoms with Gasteiger partial charge >= 0.3 is 0 Å². The van der Waals surface area contributed by atoms with Gasteiger partial charge in [0.1, 0.15) is 0 Å². The van der Waals surface area contributed by atoms with E-state index >= 15 is 0 Å². The van der Waals surface area contributed by atoms with E-state index in [0.717, 1.165) is 11.5 Å². The van der Waals surface area contributed by atoms with Crippen molar-refractivity contribution >= 4 is 5.96 Å². The molecular weight excluding hydrogens is 318 g/mol. The van der Waals surface area contributed by atoms with Gasteiger partial charge in [0, 0.05) is 19.6 Å². The molecule has 25 heavy (non-hydrogen) atoms. The first-order valence-corrected chi connectivity index (χ1v) is 9.06. The summed E-state index contributed by atoms with van der Waals surface area (Å²) in [6.45, 7) is 3.13. The summed E-state index contributed by atoms with van der Waals surface area (Å²) in [6.07, 6.45) is 6.36. The fourth-order valence-electron chi connectivity index (χ4n) is 3.14. The van der Waals surface area contributed by atoms with Crippen LogP contribution in [0.5, 0.6) is 17.2 Å². The molecule has 6 nitrogen and oxygen atoms in total. The summed E-state index contributed by atoms with van der Waals surface area (Å²) in [5, 5.41) is 6.89. The van der Waals surface area contributed by atoms with Crippen molar-refractivity contribution in [2.75, 3.05) is 27.9 Å². The third kappa shape index (κ3) is 5.44. The molecule has 0 unspecified atom stereocenters. The highest BCUT2D eigenvalue weighted by Crippen LogP contribution is 2.38. The third-order valence-corrected chi connectivity index (χ3v) is 4.44. The number of hydrogen-bond donors (Lipinski definition) is 2. The summed E-state index contributed by atoms with van der Waals surface area (Å²) in [7, 11) is 5.08. The molecule has 2 N–H and O–H groups in total. The van der Waals surface area contributed by atoms with Crippen molar-refractivity contribution in [3.63, 3.8) is 0 Å². The van der Waals surface area contributed by atoms with E-state index in [4.69, 9.17) is 14.2 Å². The topological polar surface area (TPSA) is 64.1 Å². The van der Waals surface area contributed by atoms with E-state index in [-0.39, 0.29) is 0 Å². The van der Waals surface area contributed by atoms with Crippen LogP contribution in [0.25, 0.3) is 0 Å². The Morgan fingerprint density at radius 3 is 2.28 bits per heavy atom. The molecule has 0 atom stereocenters. The number of nitrogens with one attached hydrogen (secondary N) is 2. The highest BCUT2D eigenvalue weighted by molar-refractivity contribution is 5.80. The van der Waals surface area contributed by atoms with Gasteiger partial charge in [0.25, 0.3) is 0 Å². The number of methoxy groups -OCH3 is 2. The second-order valence-electron chi connectivity index (χ2n) is 6.17. The molecule has 1 aliphatic rings. The smallest absolute Gasteiger partial charge is 0.203 e. The summed E-state index contributed by atoms with van der Waals surface area (Å²) < 4.78 is 16.6. The molecule has 1 aliphatic carbocycles. The molecule has 0 radical (unpaired) electrons. The molecule has 6 heteroatoms. The van der Waals surface area contributed by atoms with Gasteiger partial charge in [-0.25, -0.2) is 0 Å². The van der Waals surface area contributed by atoms with Gasteiger partial charge in [0.15, 0.2) is 17.5 Å². The van der Waals surface area contributed by atoms with Crippen LogP contribution in [0.1, 0.15) is 44.6 Å². The molecular formula is C19H31N3O3. The van der Waals surface area contributed by atoms with Gasteiger partial charge in [0.2, 0.25) is 5.75 Å². The lowest BCUT2D eigenvalue weighted by molar-refractivity contribution is 0.288. The molecule has 0 spiro atoms. The predicted molar refractivity (Wildman–Crippen MR) is 101 cm³/mol. The van der Waals surface area contributed by atoms with E-state index in [2.05, 4.69) is 15.6 Å². The number of ether oxygens (including phenoxy) is 3. The molecule has 0 amide bonds. The zero-order chi connectivity index (χ0) is 18.1. The van der Waals surface area contributed by atoms with Crippen molar-refractivity contribution in [1.82, 2.24) is 10.6 Å². The minimum absolute atomic E-state index is 0.518. The van der Waals surface area contributed by atoms with Crippen molar-refractivity contribution in [3.8, 4) is 17.2 Å². The van der Waals surface area contributed by atoms with Crippen molar-refractivity contribution in [2.24, 2.45) is 4.99 Å². The standard InChI is InChI=1S/C19H31N3O3/c1-5-25-18-16(23-3)11-14(12-17(18)24-4)13-21-19(20-2)22-15-9-7-6-8-10-15/h11-12,15H,5-10,13H2,1-4H3,(H2,20,21,22). The molecule has 0 saturated heterocycles. The van der Waals surface area contributed by atoms with E-state index in [9.17, 15) is 0 Å². The second kappa shape index (κ2) is 10.0. The van der Waals surface area contributed by atoms with E-state index in [1.165, 1.54) is 32.1 Å². The number of guanidine groups is 1. The molecule has 1 aromatic carbocycles. The van der Waals surface area contributed by atoms with Crippen molar-refractivity contribution in [1.29, 1.82) is 0 Å². The lowest BCUT2D eigenvalue weighted by Gasteiger charge is -2.25. The molecule has 140 valence electrons. The number of rotatable bonds is 7. The van der Waals surface area contributed by atoms with Crippen LogP contribution in [0.15, 0.2) is 17.1 Å². The zero-order valence-electron chi connectivity index (χ0n) is 15.9. The Morgan fingerprint density at radius 2 is 1.76 bits per heavy atom. The first kappa shape index (κ1) is 19.2. The number of benzene rings is 1. The maximum Gasteiger partial charge on any atom is 0.203 e. The van der Waals surface area contributed by atoms with Crippen molar-refractivity contribution < 1.29 is 14.2 Å². The minimum Gasteiger partial charge on any atom is -0.493 e. The van der Waals surface area contributed by atoms with Crippen LogP contribution in [0.3, 0.4) is 0 Å². The minimum atomic E-state index is 0.518. The lowest BCUT2D eigenvalue weighted by atomic mass is 9.96. The molecule has 0 aromatic heterocycles. The summed E-state index contributed by atoms with van der Waals surface area (Å²) >= 11 is 0. The lowest BCUT2D eigenvalue weighted by Crippen LogP contribution is -2.43. The number of hydrogen-bond acceptors (Lipinski definition) is 4. The maximum absolute atomic E-state index is 5.65. The normalized spacial score (nSPS) is 15.6. The molecule has 1 fully saturated rings. The Morgan fingerprint density at radius 1 is 1.12 bits per heavy atom. The summed E-state index contributed by atoms with van der Waals surface area (Å²) in [6, 6.07) is 4.45. The van der Waals surface area contributed by atoms with Crippen LogP contribution in [0.4, 0.5) is 0 Å². The molecule has 1 saturated carbocycles. The Kier molecular flexibility index (Phi) is 7.70. The van der Waals surface area contributed by atoms with Gasteiger partial charge in [-0.15, -0.1) is 0 Å². The van der Waals surface area contributed by atoms with Crippen molar-refractivity contribution in [3.05, 3.63) is 17.7 Å². The molecule has 2 rings (SSSR count). The fraction of sp³-hybridized carbons (Fsp3) is 0.632. The van der Waals surface area contributed by atoms with Crippen molar-refractivity contribution in [2.45, 2.75) is 51.6 Å². The van der Waals surface area contributed by atoms with E-state index < -0.39 is 0 Å². The largest absolute Gasteiger partial charge is 0.493 e. The average molecular weight is 349 g/mol. The van der Waals surface area contributed by atoms with E-state index in [1.807, 2.05) is 19.1 Å². The predicted octanol–water partition coefficient (Wildman–Crippen LogP) is 3.10. The zero-order valence-corrected chi connectivity index (χ0v) is 15.9. The van der Waals surface area contributed by atoms with E-state index in [1.54, 1.807) is 21.3 Å². The van der Waals surface area contributed by atoms with Gasteiger partial charge in [-0.3, -0.25) is 4.99 Å². The fourth-order valence-corrected chi connectivity index (χ4v) is 3.14. The van der Waals surface area contributed by atoms with Crippen LogP contribution in [0.2, 0.25) is 0 Å². The number of aliphatic imine (C=N–C) groups is 1. The van der Waals surface area contributed by atoms with E-state index in [0.29, 0.717) is 36.4 Å². The SMILES string of the molecule is CCOc1c(OC)cc(CNC(=NC)NC2CCCCC2)cc1OC. The Hall–Kier alpha value is -2.11. The van der Waals surface area contributed by atoms with Gasteiger partial charge in [-0.1, -0.05) is 19.3 Å². The first-order chi connectivity index (χ1) is 12.2. The maximum atomic E-state index is 5.65. The van der Waals surface area contributed by atoms with Gasteiger partial charge in [0.05, 0.1) is 20.8 Å². The molecule has 0 bridgehead atoms. The van der Waals surface area contributed by atoms with Crippen LogP contribution >= 0.6 is 0 Å². The highest BCUT2D eigenvalue weighted by atomic mass is 16.5. The van der Waals surface area contributed by atoms with Gasteiger partial charge in [-0.05, 0) is 37.5 Å². The second-order valence-corrected chi connectivity index (χ2v) is 6.17. The molecule has 0 heterocycles. The van der Waals surface area contributed by atoms with Crippen LogP contribution in [-0.4, -0.2) is 39.9 Å². The Bertz CT molecular complexity index is 544. The first-order valence-electron chi connectivity index (χ1n) is 9.06. The van der Waals surface area contributed by atoms with Gasteiger partial charge < -0.3 is 24.8 Å². The van der Waals surface area contributed by atoms with Crippen LogP contribution < -0.4 is 24.8 Å². The monoisotopic (exact) mass is 349 g/mol. The Balaban J connectivity index is 2.03. The molecule has 0 aliphatic heterocycles. The summed E-state index contributed by atoms with van der Waals surface area (Å²) in [4.78, 5) is 4.34. The number of nitrogens with zero attached hydrogens (tertiary/aromatic N) is 1. The summed E-state index contributed by atoms with van der Waals surface area (Å²) in [5.74, 6) is 2.82. The quantitative estimate of drug-likeness (QED) is 0.585. The summed E-state index contributed by atoms with van der Waals surface area (Å²) in [5.41, 5.74) is 1.05. The average Bonchev–Trinajstić information content (AvgIpc) is 2.66.